The molecule has 0 aliphatic carbocycles. The van der Waals surface area contributed by atoms with E-state index in [1.54, 1.807) is 12.1 Å². The van der Waals surface area contributed by atoms with Crippen LogP contribution in [-0.2, 0) is 9.53 Å². The summed E-state index contributed by atoms with van der Waals surface area (Å²) in [6.45, 7) is 4.74. The number of likely N-dealkylation sites (tertiary alicyclic amines) is 1. The van der Waals surface area contributed by atoms with E-state index in [2.05, 4.69) is 11.8 Å². The van der Waals surface area contributed by atoms with Crippen LogP contribution >= 0.6 is 0 Å². The van der Waals surface area contributed by atoms with Gasteiger partial charge in [-0.2, -0.15) is 0 Å². The van der Waals surface area contributed by atoms with Crippen molar-refractivity contribution in [2.24, 2.45) is 0 Å². The lowest BCUT2D eigenvalue weighted by atomic mass is 9.97. The predicted molar refractivity (Wildman–Crippen MR) is 80.9 cm³/mol. The van der Waals surface area contributed by atoms with Crippen molar-refractivity contribution < 1.29 is 23.8 Å². The molecule has 1 aromatic rings. The van der Waals surface area contributed by atoms with Gasteiger partial charge in [0.15, 0.2) is 11.8 Å². The monoisotopic (exact) mass is 322 g/mol. The maximum Gasteiger partial charge on any atom is 0.328 e. The van der Waals surface area contributed by atoms with Crippen LogP contribution in [0.5, 0.6) is 0 Å². The van der Waals surface area contributed by atoms with E-state index in [0.29, 0.717) is 12.8 Å². The summed E-state index contributed by atoms with van der Waals surface area (Å²) in [7, 11) is 0. The third-order valence-electron chi connectivity index (χ3n) is 4.67. The van der Waals surface area contributed by atoms with Gasteiger partial charge in [-0.15, -0.1) is 0 Å². The van der Waals surface area contributed by atoms with Gasteiger partial charge in [-0.3, -0.25) is 9.69 Å². The maximum absolute atomic E-state index is 12.8. The average Bonchev–Trinajstić information content (AvgIpc) is 3.18. The fraction of sp³-hybridized carbons (Fsp3) is 0.625. The van der Waals surface area contributed by atoms with Crippen LogP contribution in [0.25, 0.3) is 0 Å². The summed E-state index contributed by atoms with van der Waals surface area (Å²) in [6.07, 6.45) is 3.71. The van der Waals surface area contributed by atoms with Crippen molar-refractivity contribution in [2.75, 3.05) is 26.2 Å². The van der Waals surface area contributed by atoms with E-state index in [-0.39, 0.29) is 12.4 Å². The SMILES string of the molecule is CCCN1CCC2(CC1)OC[C@H](C(=O)O)N2C(=O)c1ccco1. The molecular weight excluding hydrogens is 300 g/mol. The van der Waals surface area contributed by atoms with Crippen molar-refractivity contribution >= 4 is 11.9 Å². The Kier molecular flexibility index (Phi) is 4.41. The minimum Gasteiger partial charge on any atom is -0.480 e. The number of rotatable bonds is 4. The Hall–Kier alpha value is -1.86. The maximum atomic E-state index is 12.8. The number of carbonyl (C=O) groups is 2. The number of hydrogen-bond acceptors (Lipinski definition) is 5. The number of piperidine rings is 1. The smallest absolute Gasteiger partial charge is 0.328 e. The number of ether oxygens (including phenoxy) is 1. The van der Waals surface area contributed by atoms with Crippen LogP contribution in [0.2, 0.25) is 0 Å². The summed E-state index contributed by atoms with van der Waals surface area (Å²) < 4.78 is 11.0. The Balaban J connectivity index is 1.84. The lowest BCUT2D eigenvalue weighted by molar-refractivity contribution is -0.144. The molecule has 0 bridgehead atoms. The number of carbonyl (C=O) groups excluding carboxylic acids is 1. The van der Waals surface area contributed by atoms with Crippen LogP contribution in [-0.4, -0.2) is 64.8 Å². The molecule has 0 radical (unpaired) electrons. The molecule has 7 heteroatoms. The third-order valence-corrected chi connectivity index (χ3v) is 4.67. The molecule has 3 heterocycles. The van der Waals surface area contributed by atoms with Gasteiger partial charge < -0.3 is 19.2 Å². The summed E-state index contributed by atoms with van der Waals surface area (Å²) in [5, 5.41) is 9.47. The molecule has 3 rings (SSSR count). The number of carboxylic acid groups (broad SMARTS) is 1. The summed E-state index contributed by atoms with van der Waals surface area (Å²) in [5.74, 6) is -1.31. The third kappa shape index (κ3) is 2.86. The van der Waals surface area contributed by atoms with Gasteiger partial charge in [-0.1, -0.05) is 6.92 Å². The lowest BCUT2D eigenvalue weighted by Gasteiger charge is -2.43. The van der Waals surface area contributed by atoms with Crippen molar-refractivity contribution in [1.82, 2.24) is 9.80 Å². The van der Waals surface area contributed by atoms with E-state index >= 15 is 0 Å². The van der Waals surface area contributed by atoms with Gasteiger partial charge in [0.2, 0.25) is 0 Å². The first kappa shape index (κ1) is 16.0. The number of carboxylic acids is 1. The normalized spacial score (nSPS) is 24.2. The van der Waals surface area contributed by atoms with Crippen molar-refractivity contribution in [2.45, 2.75) is 38.0 Å². The largest absolute Gasteiger partial charge is 0.480 e. The lowest BCUT2D eigenvalue weighted by Crippen LogP contribution is -2.58. The Morgan fingerprint density at radius 1 is 1.39 bits per heavy atom. The topological polar surface area (TPSA) is 83.2 Å². The second kappa shape index (κ2) is 6.33. The van der Waals surface area contributed by atoms with Gasteiger partial charge in [-0.25, -0.2) is 4.79 Å². The van der Waals surface area contributed by atoms with Gasteiger partial charge in [0.25, 0.3) is 5.91 Å². The first-order chi connectivity index (χ1) is 11.1. The second-order valence-electron chi connectivity index (χ2n) is 6.11. The highest BCUT2D eigenvalue weighted by molar-refractivity contribution is 5.95. The zero-order valence-corrected chi connectivity index (χ0v) is 13.2. The highest BCUT2D eigenvalue weighted by Gasteiger charge is 2.54. The fourth-order valence-electron chi connectivity index (χ4n) is 3.52. The molecule has 0 unspecified atom stereocenters. The first-order valence-corrected chi connectivity index (χ1v) is 8.04. The van der Waals surface area contributed by atoms with Crippen LogP contribution in [0.4, 0.5) is 0 Å². The fourth-order valence-corrected chi connectivity index (χ4v) is 3.52. The highest BCUT2D eigenvalue weighted by Crippen LogP contribution is 2.38. The summed E-state index contributed by atoms with van der Waals surface area (Å²) in [4.78, 5) is 28.0. The van der Waals surface area contributed by atoms with Crippen LogP contribution in [0.1, 0.15) is 36.7 Å². The number of nitrogens with zero attached hydrogens (tertiary/aromatic N) is 2. The Morgan fingerprint density at radius 3 is 2.70 bits per heavy atom. The van der Waals surface area contributed by atoms with Gasteiger partial charge in [-0.05, 0) is 25.1 Å². The summed E-state index contributed by atoms with van der Waals surface area (Å²) in [5.41, 5.74) is -0.836. The van der Waals surface area contributed by atoms with E-state index in [0.717, 1.165) is 26.1 Å². The van der Waals surface area contributed by atoms with E-state index in [4.69, 9.17) is 9.15 Å². The second-order valence-corrected chi connectivity index (χ2v) is 6.11. The predicted octanol–water partition coefficient (Wildman–Crippen LogP) is 1.41. The van der Waals surface area contributed by atoms with E-state index in [9.17, 15) is 14.7 Å². The molecule has 1 spiro atoms. The molecule has 1 amide bonds. The molecule has 2 aliphatic heterocycles. The molecule has 2 aliphatic rings. The average molecular weight is 322 g/mol. The number of aliphatic carboxylic acids is 1. The Bertz CT molecular complexity index is 563. The first-order valence-electron chi connectivity index (χ1n) is 8.04. The van der Waals surface area contributed by atoms with Crippen LogP contribution < -0.4 is 0 Å². The van der Waals surface area contributed by atoms with E-state index < -0.39 is 23.6 Å². The number of furan rings is 1. The molecule has 0 saturated carbocycles. The zero-order chi connectivity index (χ0) is 16.4. The van der Waals surface area contributed by atoms with Crippen LogP contribution in [0, 0.1) is 0 Å². The van der Waals surface area contributed by atoms with Crippen molar-refractivity contribution in [3.8, 4) is 0 Å². The molecule has 2 fully saturated rings. The molecule has 1 N–H and O–H groups in total. The minimum atomic E-state index is -1.04. The molecule has 2 saturated heterocycles. The Morgan fingerprint density at radius 2 is 2.13 bits per heavy atom. The van der Waals surface area contributed by atoms with Crippen molar-refractivity contribution in [1.29, 1.82) is 0 Å². The molecule has 1 aromatic heterocycles. The van der Waals surface area contributed by atoms with Crippen LogP contribution in [0.15, 0.2) is 22.8 Å². The van der Waals surface area contributed by atoms with E-state index in [1.165, 1.54) is 11.2 Å². The standard InChI is InChI=1S/C16H22N2O5/c1-2-7-17-8-5-16(6-9-17)18(12(11-23-16)15(20)21)14(19)13-4-3-10-22-13/h3-4,10,12H,2,5-9,11H2,1H3,(H,20,21)/t12-/m1/s1. The van der Waals surface area contributed by atoms with Gasteiger partial charge in [0.05, 0.1) is 12.9 Å². The molecule has 7 nitrogen and oxygen atoms in total. The van der Waals surface area contributed by atoms with Gasteiger partial charge in [0.1, 0.15) is 5.72 Å². The number of amides is 1. The van der Waals surface area contributed by atoms with E-state index in [1.807, 2.05) is 0 Å². The molecule has 1 atom stereocenters. The quantitative estimate of drug-likeness (QED) is 0.902. The zero-order valence-electron chi connectivity index (χ0n) is 13.2. The van der Waals surface area contributed by atoms with Crippen LogP contribution in [0.3, 0.4) is 0 Å². The molecule has 23 heavy (non-hydrogen) atoms. The summed E-state index contributed by atoms with van der Waals surface area (Å²) in [6, 6.07) is 2.21. The Labute approximate surface area is 134 Å². The molecule has 0 aromatic carbocycles. The van der Waals surface area contributed by atoms with Crippen molar-refractivity contribution in [3.05, 3.63) is 24.2 Å². The highest BCUT2D eigenvalue weighted by atomic mass is 16.5. The number of hydrogen-bond donors (Lipinski definition) is 1. The summed E-state index contributed by atoms with van der Waals surface area (Å²) >= 11 is 0. The van der Waals surface area contributed by atoms with Gasteiger partial charge in [0, 0.05) is 25.9 Å². The molecule has 126 valence electrons. The molecular formula is C16H22N2O5. The van der Waals surface area contributed by atoms with Crippen molar-refractivity contribution in [3.63, 3.8) is 0 Å². The minimum absolute atomic E-state index is 0.0234. The van der Waals surface area contributed by atoms with Gasteiger partial charge >= 0.3 is 5.97 Å².